The van der Waals surface area contributed by atoms with Crippen LogP contribution in [0.2, 0.25) is 0 Å². The molecule has 3 atom stereocenters. The summed E-state index contributed by atoms with van der Waals surface area (Å²) in [4.78, 5) is 14.8. The molecule has 2 rings (SSSR count). The molecule has 1 heterocycles. The van der Waals surface area contributed by atoms with E-state index < -0.39 is 12.2 Å². The number of aliphatic hydroxyl groups excluding tert-OH is 1. The highest BCUT2D eigenvalue weighted by Crippen LogP contribution is 2.23. The number of anilines is 1. The van der Waals surface area contributed by atoms with E-state index in [1.807, 2.05) is 30.3 Å². The summed E-state index contributed by atoms with van der Waals surface area (Å²) >= 11 is 0. The van der Waals surface area contributed by atoms with Crippen LogP contribution in [0.3, 0.4) is 0 Å². The molecular formula is C20H32N2O5. The quantitative estimate of drug-likeness (QED) is 0.606. The molecule has 1 aliphatic rings. The van der Waals surface area contributed by atoms with Crippen molar-refractivity contribution < 1.29 is 24.1 Å². The predicted octanol–water partition coefficient (Wildman–Crippen LogP) is 1.52. The first-order valence-electron chi connectivity index (χ1n) is 9.53. The number of nitrogens with zero attached hydrogens (tertiary/aromatic N) is 1. The molecule has 1 saturated heterocycles. The van der Waals surface area contributed by atoms with Crippen LogP contribution in [0.25, 0.3) is 0 Å². The Bertz CT molecular complexity index is 534. The van der Waals surface area contributed by atoms with Gasteiger partial charge in [-0.3, -0.25) is 9.69 Å². The summed E-state index contributed by atoms with van der Waals surface area (Å²) in [6.07, 6.45) is 0.452. The second-order valence-electron chi connectivity index (χ2n) is 6.79. The van der Waals surface area contributed by atoms with E-state index in [0.29, 0.717) is 25.3 Å². The molecule has 2 N–H and O–H groups in total. The smallest absolute Gasteiger partial charge is 0.256 e. The van der Waals surface area contributed by atoms with Crippen LogP contribution in [0, 0.1) is 0 Å². The fourth-order valence-corrected chi connectivity index (χ4v) is 3.16. The van der Waals surface area contributed by atoms with Gasteiger partial charge in [-0.15, -0.1) is 0 Å². The number of carbonyl (C=O) groups excluding carboxylic acids is 1. The van der Waals surface area contributed by atoms with E-state index in [-0.39, 0.29) is 12.0 Å². The molecule has 1 amide bonds. The van der Waals surface area contributed by atoms with Crippen molar-refractivity contribution in [1.29, 1.82) is 0 Å². The highest BCUT2D eigenvalue weighted by atomic mass is 16.5. The third-order valence-electron chi connectivity index (χ3n) is 4.76. The monoisotopic (exact) mass is 380 g/mol. The van der Waals surface area contributed by atoms with Crippen LogP contribution < -0.4 is 5.32 Å². The van der Waals surface area contributed by atoms with E-state index in [0.717, 1.165) is 32.5 Å². The van der Waals surface area contributed by atoms with Gasteiger partial charge in [0.15, 0.2) is 6.10 Å². The number of ether oxygens (including phenoxy) is 3. The molecule has 0 aromatic heterocycles. The fraction of sp³-hybridized carbons (Fsp3) is 0.650. The van der Waals surface area contributed by atoms with Crippen LogP contribution in [0.4, 0.5) is 5.69 Å². The number of aliphatic hydroxyl groups is 1. The van der Waals surface area contributed by atoms with Crippen molar-refractivity contribution >= 4 is 11.6 Å². The van der Waals surface area contributed by atoms with Gasteiger partial charge in [0.05, 0.1) is 25.4 Å². The van der Waals surface area contributed by atoms with E-state index in [2.05, 4.69) is 10.2 Å². The normalized spacial score (nSPS) is 22.7. The van der Waals surface area contributed by atoms with E-state index in [1.165, 1.54) is 0 Å². The number of methoxy groups -OCH3 is 2. The number of para-hydroxylation sites is 1. The van der Waals surface area contributed by atoms with Gasteiger partial charge < -0.3 is 24.6 Å². The van der Waals surface area contributed by atoms with E-state index in [9.17, 15) is 9.90 Å². The fourth-order valence-electron chi connectivity index (χ4n) is 3.16. The summed E-state index contributed by atoms with van der Waals surface area (Å²) < 4.78 is 16.3. The summed E-state index contributed by atoms with van der Waals surface area (Å²) in [5.74, 6) is -0.297. The van der Waals surface area contributed by atoms with E-state index in [4.69, 9.17) is 14.2 Å². The Hall–Kier alpha value is -1.51. The molecule has 1 aromatic rings. The molecule has 7 heteroatoms. The third-order valence-corrected chi connectivity index (χ3v) is 4.76. The minimum Gasteiger partial charge on any atom is -0.390 e. The third kappa shape index (κ3) is 7.56. The van der Waals surface area contributed by atoms with E-state index in [1.54, 1.807) is 14.2 Å². The molecule has 27 heavy (non-hydrogen) atoms. The van der Waals surface area contributed by atoms with Crippen LogP contribution in [0.1, 0.15) is 19.3 Å². The molecule has 0 aliphatic carbocycles. The molecule has 0 radical (unpaired) electrons. The predicted molar refractivity (Wildman–Crippen MR) is 104 cm³/mol. The molecule has 0 saturated carbocycles. The van der Waals surface area contributed by atoms with Crippen LogP contribution in [-0.4, -0.2) is 81.3 Å². The summed E-state index contributed by atoms with van der Waals surface area (Å²) in [7, 11) is 3.38. The highest BCUT2D eigenvalue weighted by Gasteiger charge is 2.35. The van der Waals surface area contributed by atoms with Crippen molar-refractivity contribution in [2.75, 3.05) is 52.4 Å². The zero-order valence-electron chi connectivity index (χ0n) is 16.3. The maximum atomic E-state index is 12.5. The van der Waals surface area contributed by atoms with Gasteiger partial charge in [0, 0.05) is 39.5 Å². The summed E-state index contributed by atoms with van der Waals surface area (Å²) in [6, 6.07) is 9.22. The topological polar surface area (TPSA) is 80.3 Å². The SMILES string of the molecule is COCCN(CCOC)CCC1CCC(O)C(C(=O)Nc2ccccc2)O1. The largest absolute Gasteiger partial charge is 0.390 e. The summed E-state index contributed by atoms with van der Waals surface area (Å²) in [5.41, 5.74) is 0.700. The van der Waals surface area contributed by atoms with Crippen LogP contribution in [0.5, 0.6) is 0 Å². The Morgan fingerprint density at radius 1 is 1.15 bits per heavy atom. The van der Waals surface area contributed by atoms with Crippen molar-refractivity contribution in [2.24, 2.45) is 0 Å². The van der Waals surface area contributed by atoms with Gasteiger partial charge in [0.1, 0.15) is 0 Å². The Labute approximate surface area is 161 Å². The Morgan fingerprint density at radius 2 is 1.81 bits per heavy atom. The van der Waals surface area contributed by atoms with Gasteiger partial charge in [-0.05, 0) is 31.4 Å². The molecule has 1 aliphatic heterocycles. The molecule has 7 nitrogen and oxygen atoms in total. The number of hydrogen-bond donors (Lipinski definition) is 2. The van der Waals surface area contributed by atoms with Crippen molar-refractivity contribution in [1.82, 2.24) is 4.90 Å². The van der Waals surface area contributed by atoms with Crippen molar-refractivity contribution in [2.45, 2.75) is 37.6 Å². The molecule has 3 unspecified atom stereocenters. The molecule has 152 valence electrons. The first-order valence-corrected chi connectivity index (χ1v) is 9.53. The lowest BCUT2D eigenvalue weighted by Crippen LogP contribution is -2.47. The number of amides is 1. The number of carbonyl (C=O) groups is 1. The number of nitrogens with one attached hydrogen (secondary N) is 1. The summed E-state index contributed by atoms with van der Waals surface area (Å²) in [6.45, 7) is 3.81. The van der Waals surface area contributed by atoms with E-state index >= 15 is 0 Å². The second kappa shape index (κ2) is 12.0. The van der Waals surface area contributed by atoms with Gasteiger partial charge in [0.2, 0.25) is 0 Å². The Balaban J connectivity index is 1.84. The van der Waals surface area contributed by atoms with Gasteiger partial charge in [-0.2, -0.15) is 0 Å². The van der Waals surface area contributed by atoms with Gasteiger partial charge >= 0.3 is 0 Å². The maximum Gasteiger partial charge on any atom is 0.256 e. The molecule has 0 spiro atoms. The molecule has 0 bridgehead atoms. The van der Waals surface area contributed by atoms with Gasteiger partial charge in [0.25, 0.3) is 5.91 Å². The molecule has 1 fully saturated rings. The maximum absolute atomic E-state index is 12.5. The number of benzene rings is 1. The average molecular weight is 380 g/mol. The van der Waals surface area contributed by atoms with Crippen LogP contribution >= 0.6 is 0 Å². The zero-order chi connectivity index (χ0) is 19.5. The van der Waals surface area contributed by atoms with Crippen LogP contribution in [0.15, 0.2) is 30.3 Å². The second-order valence-corrected chi connectivity index (χ2v) is 6.79. The minimum absolute atomic E-state index is 0.0486. The minimum atomic E-state index is -0.838. The van der Waals surface area contributed by atoms with Gasteiger partial charge in [-0.1, -0.05) is 18.2 Å². The zero-order valence-corrected chi connectivity index (χ0v) is 16.3. The molecule has 1 aromatic carbocycles. The highest BCUT2D eigenvalue weighted by molar-refractivity contribution is 5.94. The Kier molecular flexibility index (Phi) is 9.72. The van der Waals surface area contributed by atoms with Crippen molar-refractivity contribution in [3.63, 3.8) is 0 Å². The number of hydrogen-bond acceptors (Lipinski definition) is 6. The lowest BCUT2D eigenvalue weighted by atomic mass is 9.98. The Morgan fingerprint density at radius 3 is 2.44 bits per heavy atom. The van der Waals surface area contributed by atoms with Crippen LogP contribution in [-0.2, 0) is 19.0 Å². The lowest BCUT2D eigenvalue weighted by Gasteiger charge is -2.34. The van der Waals surface area contributed by atoms with Crippen molar-refractivity contribution in [3.05, 3.63) is 30.3 Å². The average Bonchev–Trinajstić information content (AvgIpc) is 2.69. The first kappa shape index (κ1) is 21.8. The van der Waals surface area contributed by atoms with Crippen molar-refractivity contribution in [3.8, 4) is 0 Å². The standard InChI is InChI=1S/C20H32N2O5/c1-25-14-12-22(13-15-26-2)11-10-17-8-9-18(23)19(27-17)20(24)21-16-6-4-3-5-7-16/h3-7,17-19,23H,8-15H2,1-2H3,(H,21,24). The first-order chi connectivity index (χ1) is 13.1. The lowest BCUT2D eigenvalue weighted by molar-refractivity contribution is -0.153. The molecular weight excluding hydrogens is 348 g/mol. The van der Waals surface area contributed by atoms with Gasteiger partial charge in [-0.25, -0.2) is 0 Å². The number of rotatable bonds is 11. The summed E-state index contributed by atoms with van der Waals surface area (Å²) in [5, 5.41) is 13.0.